The molecular formula is C33H32O. The molecule has 1 unspecified atom stereocenters. The first kappa shape index (κ1) is 23.3. The van der Waals surface area contributed by atoms with E-state index in [1.54, 1.807) is 0 Å². The number of hydrogen-bond donors (Lipinski definition) is 1. The van der Waals surface area contributed by atoms with Crippen LogP contribution >= 0.6 is 0 Å². The zero-order valence-corrected chi connectivity index (χ0v) is 19.9. The number of benzene rings is 2. The fourth-order valence-corrected chi connectivity index (χ4v) is 5.41. The molecule has 0 spiro atoms. The average molecular weight is 445 g/mol. The predicted molar refractivity (Wildman–Crippen MR) is 146 cm³/mol. The van der Waals surface area contributed by atoms with E-state index in [0.29, 0.717) is 18.6 Å². The molecule has 0 aromatic heterocycles. The molecule has 170 valence electrons. The van der Waals surface area contributed by atoms with Crippen LogP contribution in [-0.4, -0.2) is 5.11 Å². The van der Waals surface area contributed by atoms with Gasteiger partial charge in [0, 0.05) is 6.42 Å². The van der Waals surface area contributed by atoms with E-state index in [2.05, 4.69) is 106 Å². The van der Waals surface area contributed by atoms with Gasteiger partial charge in [0.1, 0.15) is 0 Å². The van der Waals surface area contributed by atoms with Crippen molar-refractivity contribution in [3.05, 3.63) is 162 Å². The monoisotopic (exact) mass is 444 g/mol. The van der Waals surface area contributed by atoms with Crippen LogP contribution in [-0.2, 0) is 11.8 Å². The normalized spacial score (nSPS) is 21.9. The second-order valence-electron chi connectivity index (χ2n) is 8.68. The topological polar surface area (TPSA) is 20.2 Å². The molecule has 0 amide bonds. The minimum absolute atomic E-state index is 0.400. The van der Waals surface area contributed by atoms with E-state index in [1.165, 1.54) is 33.4 Å². The molecular weight excluding hydrogens is 412 g/mol. The molecule has 1 nitrogen and oxygen atoms in total. The molecule has 2 aromatic carbocycles. The van der Waals surface area contributed by atoms with Gasteiger partial charge in [0.25, 0.3) is 0 Å². The zero-order chi connectivity index (χ0) is 24.1. The summed E-state index contributed by atoms with van der Waals surface area (Å²) in [6, 6.07) is 17.5. The summed E-state index contributed by atoms with van der Waals surface area (Å²) in [7, 11) is 0. The van der Waals surface area contributed by atoms with Crippen molar-refractivity contribution < 1.29 is 5.11 Å². The molecule has 2 aliphatic carbocycles. The van der Waals surface area contributed by atoms with E-state index in [0.717, 1.165) is 17.6 Å². The third kappa shape index (κ3) is 3.78. The highest BCUT2D eigenvalue weighted by molar-refractivity contribution is 5.95. The van der Waals surface area contributed by atoms with Crippen LogP contribution in [0.1, 0.15) is 42.0 Å². The Labute approximate surface area is 203 Å². The molecule has 1 N–H and O–H groups in total. The Morgan fingerprint density at radius 3 is 2.53 bits per heavy atom. The Morgan fingerprint density at radius 2 is 1.79 bits per heavy atom. The van der Waals surface area contributed by atoms with Gasteiger partial charge in [-0.25, -0.2) is 0 Å². The fraction of sp³-hybridized carbons (Fsp3) is 0.152. The Morgan fingerprint density at radius 1 is 1.00 bits per heavy atom. The smallest absolute Gasteiger partial charge is 0.0995 e. The maximum Gasteiger partial charge on any atom is 0.0995 e. The third-order valence-electron chi connectivity index (χ3n) is 6.73. The van der Waals surface area contributed by atoms with Gasteiger partial charge in [0.05, 0.1) is 11.2 Å². The van der Waals surface area contributed by atoms with Crippen LogP contribution < -0.4 is 0 Å². The van der Waals surface area contributed by atoms with Crippen LogP contribution in [0.4, 0.5) is 0 Å². The van der Waals surface area contributed by atoms with Gasteiger partial charge >= 0.3 is 0 Å². The maximum atomic E-state index is 10.7. The molecule has 2 aromatic rings. The number of hydrogen-bond acceptors (Lipinski definition) is 1. The summed E-state index contributed by atoms with van der Waals surface area (Å²) in [6.45, 7) is 14.0. The lowest BCUT2D eigenvalue weighted by Gasteiger charge is -2.35. The van der Waals surface area contributed by atoms with Crippen molar-refractivity contribution in [2.45, 2.75) is 31.6 Å². The summed E-state index contributed by atoms with van der Waals surface area (Å²) in [5, 5.41) is 10.7. The van der Waals surface area contributed by atoms with Gasteiger partial charge in [-0.3, -0.25) is 0 Å². The van der Waals surface area contributed by atoms with E-state index in [-0.39, 0.29) is 0 Å². The first-order valence-corrected chi connectivity index (χ1v) is 11.8. The standard InChI is InChI=1S/C33H32O/c1-5-13-24-16-11-17-26(22-24)33(27-18-12-21-32(34)25(23-27)14-6-2)30(8-4)28(15-7-3)29-19-9-10-20-31(29)33/h5-12,15-20,22-23,34H,1-3,13-14,21H2,4H3/b28-15-,30-8+. The number of aliphatic hydroxyl groups excluding tert-OH is 1. The molecule has 1 atom stereocenters. The SMILES string of the molecule is C=C/C=C1\C(=C/C)C(C2=CC(CC=C)=C(O)CC=C2)(c2cccc(CC=C)c2)c2ccccc21. The summed E-state index contributed by atoms with van der Waals surface area (Å²) in [5.41, 5.74) is 8.80. The highest BCUT2D eigenvalue weighted by atomic mass is 16.3. The van der Waals surface area contributed by atoms with Gasteiger partial charge in [0.2, 0.25) is 0 Å². The second-order valence-corrected chi connectivity index (χ2v) is 8.68. The molecule has 0 bridgehead atoms. The second kappa shape index (κ2) is 9.97. The van der Waals surface area contributed by atoms with Crippen molar-refractivity contribution in [1.82, 2.24) is 0 Å². The molecule has 0 aliphatic heterocycles. The number of rotatable bonds is 7. The lowest BCUT2D eigenvalue weighted by atomic mass is 9.66. The molecule has 0 fully saturated rings. The lowest BCUT2D eigenvalue weighted by Crippen LogP contribution is -2.29. The van der Waals surface area contributed by atoms with Crippen molar-refractivity contribution in [2.24, 2.45) is 0 Å². The van der Waals surface area contributed by atoms with E-state index in [1.807, 2.05) is 18.2 Å². The van der Waals surface area contributed by atoms with Gasteiger partial charge in [-0.2, -0.15) is 0 Å². The number of allylic oxidation sites excluding steroid dienone is 12. The van der Waals surface area contributed by atoms with Gasteiger partial charge < -0.3 is 5.11 Å². The van der Waals surface area contributed by atoms with E-state index >= 15 is 0 Å². The molecule has 0 saturated carbocycles. The van der Waals surface area contributed by atoms with Crippen LogP contribution in [0.2, 0.25) is 0 Å². The van der Waals surface area contributed by atoms with Crippen LogP contribution in [0.15, 0.2) is 139 Å². The minimum atomic E-state index is -0.523. The summed E-state index contributed by atoms with van der Waals surface area (Å²) in [6.07, 6.45) is 18.4. The summed E-state index contributed by atoms with van der Waals surface area (Å²) in [4.78, 5) is 0. The van der Waals surface area contributed by atoms with E-state index in [4.69, 9.17) is 0 Å². The van der Waals surface area contributed by atoms with E-state index in [9.17, 15) is 5.11 Å². The molecule has 0 heterocycles. The van der Waals surface area contributed by atoms with Crippen molar-refractivity contribution in [3.8, 4) is 0 Å². The zero-order valence-electron chi connectivity index (χ0n) is 19.9. The Bertz CT molecular complexity index is 1290. The van der Waals surface area contributed by atoms with E-state index < -0.39 is 5.41 Å². The summed E-state index contributed by atoms with van der Waals surface area (Å²) in [5.74, 6) is 0.400. The van der Waals surface area contributed by atoms with Crippen molar-refractivity contribution in [1.29, 1.82) is 0 Å². The molecule has 34 heavy (non-hydrogen) atoms. The van der Waals surface area contributed by atoms with Gasteiger partial charge in [-0.15, -0.1) is 13.2 Å². The Kier molecular flexibility index (Phi) is 6.84. The number of aliphatic hydroxyl groups is 1. The van der Waals surface area contributed by atoms with Gasteiger partial charge in [-0.1, -0.05) is 104 Å². The van der Waals surface area contributed by atoms with Gasteiger partial charge in [-0.05, 0) is 64.3 Å². The Hall–Kier alpha value is -3.84. The lowest BCUT2D eigenvalue weighted by molar-refractivity contribution is 0.395. The van der Waals surface area contributed by atoms with Crippen LogP contribution in [0, 0.1) is 0 Å². The highest BCUT2D eigenvalue weighted by Gasteiger charge is 2.48. The fourth-order valence-electron chi connectivity index (χ4n) is 5.41. The molecule has 0 saturated heterocycles. The van der Waals surface area contributed by atoms with Crippen molar-refractivity contribution in [3.63, 3.8) is 0 Å². The first-order chi connectivity index (χ1) is 16.6. The minimum Gasteiger partial charge on any atom is -0.512 e. The van der Waals surface area contributed by atoms with Crippen molar-refractivity contribution >= 4 is 5.57 Å². The Balaban J connectivity index is 2.15. The summed E-state index contributed by atoms with van der Waals surface area (Å²) < 4.78 is 0. The largest absolute Gasteiger partial charge is 0.512 e. The van der Waals surface area contributed by atoms with Crippen LogP contribution in [0.5, 0.6) is 0 Å². The number of fused-ring (bicyclic) bond motifs is 1. The molecule has 0 radical (unpaired) electrons. The summed E-state index contributed by atoms with van der Waals surface area (Å²) >= 11 is 0. The maximum absolute atomic E-state index is 10.7. The molecule has 4 rings (SSSR count). The van der Waals surface area contributed by atoms with Gasteiger partial charge in [0.15, 0.2) is 0 Å². The van der Waals surface area contributed by atoms with Crippen molar-refractivity contribution in [2.75, 3.05) is 0 Å². The average Bonchev–Trinajstić information content (AvgIpc) is 3.00. The predicted octanol–water partition coefficient (Wildman–Crippen LogP) is 8.51. The molecule has 1 heteroatoms. The molecule has 2 aliphatic rings. The van der Waals surface area contributed by atoms with Crippen LogP contribution in [0.3, 0.4) is 0 Å². The third-order valence-corrected chi connectivity index (χ3v) is 6.73. The van der Waals surface area contributed by atoms with Crippen LogP contribution in [0.25, 0.3) is 5.57 Å². The highest BCUT2D eigenvalue weighted by Crippen LogP contribution is 2.58. The first-order valence-electron chi connectivity index (χ1n) is 11.8. The quantitative estimate of drug-likeness (QED) is 0.424.